The minimum absolute atomic E-state index is 0.0267. The average molecular weight is 470 g/mol. The summed E-state index contributed by atoms with van der Waals surface area (Å²) in [6, 6.07) is 14.3. The van der Waals surface area contributed by atoms with Gasteiger partial charge in [-0.1, -0.05) is 18.2 Å². The van der Waals surface area contributed by atoms with Gasteiger partial charge in [-0.3, -0.25) is 28.8 Å². The summed E-state index contributed by atoms with van der Waals surface area (Å²) in [6.45, 7) is 1.70. The van der Waals surface area contributed by atoms with Crippen molar-refractivity contribution in [2.45, 2.75) is 6.92 Å². The first-order valence-corrected chi connectivity index (χ1v) is 10.5. The Labute approximate surface area is 196 Å². The van der Waals surface area contributed by atoms with Crippen LogP contribution in [-0.4, -0.2) is 34.6 Å². The molecule has 5 rings (SSSR count). The number of aryl methyl sites for hydroxylation is 2. The molecule has 0 spiro atoms. The molecule has 0 atom stereocenters. The van der Waals surface area contributed by atoms with E-state index in [1.807, 2.05) is 30.3 Å². The van der Waals surface area contributed by atoms with Gasteiger partial charge in [0.25, 0.3) is 11.2 Å². The summed E-state index contributed by atoms with van der Waals surface area (Å²) >= 11 is 0. The summed E-state index contributed by atoms with van der Waals surface area (Å²) in [5.74, 6) is -0.538. The van der Waals surface area contributed by atoms with Crippen LogP contribution in [0.1, 0.15) is 21.6 Å². The molecule has 11 nitrogen and oxygen atoms in total. The predicted molar refractivity (Wildman–Crippen MR) is 128 cm³/mol. The van der Waals surface area contributed by atoms with Crippen molar-refractivity contribution in [3.8, 4) is 5.69 Å². The minimum Gasteiger partial charge on any atom is -0.289 e. The maximum absolute atomic E-state index is 13.8. The van der Waals surface area contributed by atoms with E-state index in [9.17, 15) is 24.5 Å². The summed E-state index contributed by atoms with van der Waals surface area (Å²) in [6.07, 6.45) is 0. The van der Waals surface area contributed by atoms with Crippen LogP contribution in [0, 0.1) is 17.0 Å². The van der Waals surface area contributed by atoms with E-state index in [2.05, 4.69) is 10.1 Å². The first-order valence-electron chi connectivity index (χ1n) is 10.5. The third kappa shape index (κ3) is 3.24. The Hall–Kier alpha value is -4.93. The molecule has 0 unspecified atom stereocenters. The van der Waals surface area contributed by atoms with Gasteiger partial charge in [0.15, 0.2) is 17.1 Å². The molecule has 0 aliphatic carbocycles. The number of benzene rings is 2. The van der Waals surface area contributed by atoms with Crippen LogP contribution in [0.4, 0.5) is 5.69 Å². The van der Waals surface area contributed by atoms with Gasteiger partial charge in [0.05, 0.1) is 32.6 Å². The van der Waals surface area contributed by atoms with Crippen LogP contribution in [0.2, 0.25) is 0 Å². The highest BCUT2D eigenvalue weighted by atomic mass is 16.6. The maximum atomic E-state index is 13.8. The van der Waals surface area contributed by atoms with Gasteiger partial charge in [0, 0.05) is 31.8 Å². The zero-order chi connectivity index (χ0) is 25.0. The highest BCUT2D eigenvalue weighted by molar-refractivity contribution is 6.23. The van der Waals surface area contributed by atoms with Crippen molar-refractivity contribution in [1.29, 1.82) is 0 Å². The number of hydrogen-bond donors (Lipinski definition) is 0. The van der Waals surface area contributed by atoms with E-state index in [1.165, 1.54) is 42.9 Å². The molecule has 0 bridgehead atoms. The van der Waals surface area contributed by atoms with Crippen molar-refractivity contribution in [2.75, 3.05) is 0 Å². The number of non-ortho nitro benzene ring substituents is 1. The van der Waals surface area contributed by atoms with Crippen LogP contribution < -0.4 is 11.2 Å². The Balaban J connectivity index is 1.95. The molecule has 11 heteroatoms. The molecule has 0 radical (unpaired) electrons. The Morgan fingerprint density at radius 1 is 0.914 bits per heavy atom. The summed E-state index contributed by atoms with van der Waals surface area (Å²) < 4.78 is 3.68. The number of nitro groups is 1. The third-order valence-corrected chi connectivity index (χ3v) is 5.95. The lowest BCUT2D eigenvalue weighted by molar-refractivity contribution is -0.384. The fourth-order valence-electron chi connectivity index (χ4n) is 4.17. The quantitative estimate of drug-likeness (QED) is 0.224. The number of nitro benzene ring substituents is 1. The van der Waals surface area contributed by atoms with Gasteiger partial charge in [0.1, 0.15) is 0 Å². The number of pyridine rings is 1. The van der Waals surface area contributed by atoms with Gasteiger partial charge in [-0.25, -0.2) is 14.5 Å². The number of carbonyl (C=O) groups excluding carboxylic acids is 1. The Bertz CT molecular complexity index is 1800. The van der Waals surface area contributed by atoms with Crippen molar-refractivity contribution in [2.24, 2.45) is 14.1 Å². The van der Waals surface area contributed by atoms with Gasteiger partial charge >= 0.3 is 5.69 Å². The average Bonchev–Trinajstić information content (AvgIpc) is 3.21. The molecule has 3 heterocycles. The molecule has 0 N–H and O–H groups in total. The number of para-hydroxylation sites is 1. The fraction of sp³-hybridized carbons (Fsp3) is 0.125. The van der Waals surface area contributed by atoms with E-state index in [0.29, 0.717) is 22.4 Å². The Morgan fingerprint density at radius 2 is 1.57 bits per heavy atom. The van der Waals surface area contributed by atoms with E-state index in [-0.39, 0.29) is 27.8 Å². The van der Waals surface area contributed by atoms with Gasteiger partial charge < -0.3 is 0 Å². The van der Waals surface area contributed by atoms with Crippen LogP contribution >= 0.6 is 0 Å². The van der Waals surface area contributed by atoms with Gasteiger partial charge in [-0.15, -0.1) is 0 Å². The van der Waals surface area contributed by atoms with Crippen LogP contribution in [0.3, 0.4) is 0 Å². The van der Waals surface area contributed by atoms with Crippen LogP contribution in [0.5, 0.6) is 0 Å². The normalized spacial score (nSPS) is 11.3. The van der Waals surface area contributed by atoms with Crippen molar-refractivity contribution in [3.05, 3.63) is 102 Å². The highest BCUT2D eigenvalue weighted by Gasteiger charge is 2.27. The molecule has 3 aromatic heterocycles. The number of rotatable bonds is 4. The summed E-state index contributed by atoms with van der Waals surface area (Å²) in [5.41, 5.74) is 0.224. The molecule has 0 saturated carbocycles. The smallest absolute Gasteiger partial charge is 0.289 e. The van der Waals surface area contributed by atoms with E-state index in [0.717, 1.165) is 4.57 Å². The molecule has 0 fully saturated rings. The fourth-order valence-corrected chi connectivity index (χ4v) is 4.17. The zero-order valence-corrected chi connectivity index (χ0v) is 18.9. The van der Waals surface area contributed by atoms with Gasteiger partial charge in [0.2, 0.25) is 0 Å². The number of ketones is 1. The Morgan fingerprint density at radius 3 is 2.20 bits per heavy atom. The molecular weight excluding hydrogens is 452 g/mol. The van der Waals surface area contributed by atoms with Crippen molar-refractivity contribution < 1.29 is 9.72 Å². The maximum Gasteiger partial charge on any atom is 0.332 e. The monoisotopic (exact) mass is 470 g/mol. The van der Waals surface area contributed by atoms with Gasteiger partial charge in [-0.2, -0.15) is 5.10 Å². The number of carbonyl (C=O) groups is 1. The van der Waals surface area contributed by atoms with E-state index >= 15 is 0 Å². The lowest BCUT2D eigenvalue weighted by atomic mass is 9.97. The first-order chi connectivity index (χ1) is 16.7. The predicted octanol–water partition coefficient (Wildman–Crippen LogP) is 2.42. The first kappa shape index (κ1) is 21.9. The molecular formula is C24H18N6O5. The van der Waals surface area contributed by atoms with E-state index in [4.69, 9.17) is 0 Å². The van der Waals surface area contributed by atoms with Gasteiger partial charge in [-0.05, 0) is 31.2 Å². The van der Waals surface area contributed by atoms with Crippen LogP contribution in [0.15, 0.2) is 64.2 Å². The lowest BCUT2D eigenvalue weighted by Gasteiger charge is -2.12. The molecule has 35 heavy (non-hydrogen) atoms. The molecule has 0 aliphatic heterocycles. The van der Waals surface area contributed by atoms with E-state index < -0.39 is 22.0 Å². The van der Waals surface area contributed by atoms with E-state index in [1.54, 1.807) is 11.6 Å². The second-order valence-electron chi connectivity index (χ2n) is 8.06. The summed E-state index contributed by atoms with van der Waals surface area (Å²) in [7, 11) is 2.80. The Kier molecular flexibility index (Phi) is 4.90. The zero-order valence-electron chi connectivity index (χ0n) is 18.9. The third-order valence-electron chi connectivity index (χ3n) is 5.95. The van der Waals surface area contributed by atoms with Crippen molar-refractivity contribution >= 4 is 33.5 Å². The SMILES string of the molecule is Cc1nn(-c2ccccc2)c2nc3c(c(C(=O)c4ccc([N+](=O)[O-])cc4)c12)c(=O)n(C)c(=O)n3C. The number of nitrogens with zero attached hydrogens (tertiary/aromatic N) is 6. The molecule has 5 aromatic rings. The second-order valence-corrected chi connectivity index (χ2v) is 8.06. The van der Waals surface area contributed by atoms with Crippen LogP contribution in [-0.2, 0) is 14.1 Å². The standard InChI is InChI=1S/C24H18N6O5/c1-13-17-18(20(31)14-9-11-16(12-10-14)30(34)35)19-21(27(2)24(33)28(3)23(19)32)25-22(17)29(26-13)15-7-5-4-6-8-15/h4-12H,1-3H3. The molecule has 0 amide bonds. The van der Waals surface area contributed by atoms with Crippen LogP contribution in [0.25, 0.3) is 27.8 Å². The second kappa shape index (κ2) is 7.83. The number of fused-ring (bicyclic) bond motifs is 2. The number of aromatic nitrogens is 5. The van der Waals surface area contributed by atoms with Crippen molar-refractivity contribution in [1.82, 2.24) is 23.9 Å². The topological polar surface area (TPSA) is 135 Å². The summed E-state index contributed by atoms with van der Waals surface area (Å²) in [5, 5.41) is 16.0. The molecule has 0 saturated heterocycles. The van der Waals surface area contributed by atoms with Crippen molar-refractivity contribution in [3.63, 3.8) is 0 Å². The largest absolute Gasteiger partial charge is 0.332 e. The molecule has 0 aliphatic rings. The molecule has 2 aromatic carbocycles. The number of hydrogen-bond acceptors (Lipinski definition) is 7. The highest BCUT2D eigenvalue weighted by Crippen LogP contribution is 2.30. The molecule has 174 valence electrons. The summed E-state index contributed by atoms with van der Waals surface area (Å²) in [4.78, 5) is 54.9. The lowest BCUT2D eigenvalue weighted by Crippen LogP contribution is -2.38. The minimum atomic E-state index is -0.672.